The van der Waals surface area contributed by atoms with Gasteiger partial charge in [-0.15, -0.1) is 0 Å². The number of nitrogens with one attached hydrogen (secondary N) is 1. The minimum Gasteiger partial charge on any atom is -0.351 e. The molecule has 5 nitrogen and oxygen atoms in total. The quantitative estimate of drug-likeness (QED) is 0.686. The lowest BCUT2D eigenvalue weighted by Gasteiger charge is -2.20. The third-order valence-corrected chi connectivity index (χ3v) is 7.15. The first-order chi connectivity index (χ1) is 13.0. The lowest BCUT2D eigenvalue weighted by atomic mass is 10.2. The van der Waals surface area contributed by atoms with Crippen LogP contribution in [0.25, 0.3) is 0 Å². The van der Waals surface area contributed by atoms with Crippen molar-refractivity contribution in [2.24, 2.45) is 0 Å². The molecule has 0 heterocycles. The number of rotatable bonds is 7. The number of amides is 1. The molecule has 0 aliphatic carbocycles. The van der Waals surface area contributed by atoms with Crippen LogP contribution < -0.4 is 9.62 Å². The zero-order valence-electron chi connectivity index (χ0n) is 17.0. The van der Waals surface area contributed by atoms with Gasteiger partial charge in [-0.1, -0.05) is 44.5 Å². The standard InChI is InChI=1S/C21H28N2O3S2/c1-16-9-11-19(12-10-16)28(25,26)23(5)18-8-6-7-17(15-18)20(24)22-13-14-27-21(2,3)4/h6-12,15H,13-14H2,1-5H3,(H,22,24). The summed E-state index contributed by atoms with van der Waals surface area (Å²) in [6, 6.07) is 13.4. The van der Waals surface area contributed by atoms with Crippen molar-refractivity contribution < 1.29 is 13.2 Å². The van der Waals surface area contributed by atoms with Crippen LogP contribution in [0.15, 0.2) is 53.4 Å². The van der Waals surface area contributed by atoms with E-state index in [1.54, 1.807) is 60.3 Å². The van der Waals surface area contributed by atoms with E-state index in [9.17, 15) is 13.2 Å². The molecular formula is C21H28N2O3S2. The van der Waals surface area contributed by atoms with Crippen LogP contribution in [-0.2, 0) is 10.0 Å². The number of anilines is 1. The van der Waals surface area contributed by atoms with Crippen LogP contribution in [0.5, 0.6) is 0 Å². The Morgan fingerprint density at radius 1 is 1.11 bits per heavy atom. The molecule has 7 heteroatoms. The molecule has 1 amide bonds. The van der Waals surface area contributed by atoms with Gasteiger partial charge in [0.1, 0.15) is 0 Å². The maximum atomic E-state index is 12.9. The number of carbonyl (C=O) groups is 1. The molecule has 1 N–H and O–H groups in total. The number of benzene rings is 2. The van der Waals surface area contributed by atoms with Crippen LogP contribution in [0.3, 0.4) is 0 Å². The maximum Gasteiger partial charge on any atom is 0.264 e. The van der Waals surface area contributed by atoms with Crippen molar-refractivity contribution in [1.82, 2.24) is 5.32 Å². The highest BCUT2D eigenvalue weighted by Gasteiger charge is 2.22. The van der Waals surface area contributed by atoms with E-state index >= 15 is 0 Å². The molecule has 0 unspecified atom stereocenters. The number of thioether (sulfide) groups is 1. The molecular weight excluding hydrogens is 392 g/mol. The fourth-order valence-corrected chi connectivity index (χ4v) is 4.48. The highest BCUT2D eigenvalue weighted by molar-refractivity contribution is 8.00. The van der Waals surface area contributed by atoms with E-state index in [2.05, 4.69) is 26.1 Å². The fourth-order valence-electron chi connectivity index (χ4n) is 2.47. The summed E-state index contributed by atoms with van der Waals surface area (Å²) in [5.41, 5.74) is 1.87. The number of aryl methyl sites for hydroxylation is 1. The monoisotopic (exact) mass is 420 g/mol. The Hall–Kier alpha value is -1.99. The van der Waals surface area contributed by atoms with Crippen molar-refractivity contribution >= 4 is 33.4 Å². The molecule has 0 bridgehead atoms. The van der Waals surface area contributed by atoms with Crippen molar-refractivity contribution in [2.75, 3.05) is 23.7 Å². The molecule has 2 aromatic carbocycles. The van der Waals surface area contributed by atoms with Crippen LogP contribution in [0.1, 0.15) is 36.7 Å². The van der Waals surface area contributed by atoms with Gasteiger partial charge in [-0.3, -0.25) is 9.10 Å². The van der Waals surface area contributed by atoms with Crippen LogP contribution in [0.2, 0.25) is 0 Å². The molecule has 0 saturated carbocycles. The number of carbonyl (C=O) groups excluding carboxylic acids is 1. The normalized spacial score (nSPS) is 11.9. The summed E-state index contributed by atoms with van der Waals surface area (Å²) in [7, 11) is -2.20. The molecule has 0 aliphatic rings. The minimum atomic E-state index is -3.69. The van der Waals surface area contributed by atoms with Crippen molar-refractivity contribution in [1.29, 1.82) is 0 Å². The van der Waals surface area contributed by atoms with Crippen LogP contribution >= 0.6 is 11.8 Å². The first-order valence-electron chi connectivity index (χ1n) is 9.08. The molecule has 0 radical (unpaired) electrons. The van der Waals surface area contributed by atoms with E-state index < -0.39 is 10.0 Å². The summed E-state index contributed by atoms with van der Waals surface area (Å²) in [6.07, 6.45) is 0. The minimum absolute atomic E-state index is 0.150. The topological polar surface area (TPSA) is 66.5 Å². The maximum absolute atomic E-state index is 12.9. The number of sulfonamides is 1. The third-order valence-electron chi connectivity index (χ3n) is 4.07. The zero-order valence-corrected chi connectivity index (χ0v) is 18.7. The van der Waals surface area contributed by atoms with E-state index in [1.165, 1.54) is 11.4 Å². The second-order valence-electron chi connectivity index (χ2n) is 7.55. The summed E-state index contributed by atoms with van der Waals surface area (Å²) in [5, 5.41) is 2.89. The largest absolute Gasteiger partial charge is 0.351 e. The Morgan fingerprint density at radius 3 is 2.36 bits per heavy atom. The predicted molar refractivity (Wildman–Crippen MR) is 118 cm³/mol. The zero-order chi connectivity index (χ0) is 20.9. The average molecular weight is 421 g/mol. The smallest absolute Gasteiger partial charge is 0.264 e. The van der Waals surface area contributed by atoms with Crippen molar-refractivity contribution in [3.8, 4) is 0 Å². The molecule has 0 aliphatic heterocycles. The van der Waals surface area contributed by atoms with Crippen molar-refractivity contribution in [2.45, 2.75) is 37.3 Å². The Kier molecular flexibility index (Phi) is 7.17. The molecule has 0 spiro atoms. The Balaban J connectivity index is 2.11. The molecule has 0 saturated heterocycles. The summed E-state index contributed by atoms with van der Waals surface area (Å²) in [4.78, 5) is 12.6. The Labute approximate surface area is 172 Å². The second kappa shape index (κ2) is 9.01. The lowest BCUT2D eigenvalue weighted by molar-refractivity contribution is 0.0956. The van der Waals surface area contributed by atoms with Gasteiger partial charge in [-0.25, -0.2) is 8.42 Å². The molecule has 2 aromatic rings. The highest BCUT2D eigenvalue weighted by atomic mass is 32.2. The van der Waals surface area contributed by atoms with Gasteiger partial charge in [0.2, 0.25) is 0 Å². The SMILES string of the molecule is Cc1ccc(S(=O)(=O)N(C)c2cccc(C(=O)NCCSC(C)(C)C)c2)cc1. The van der Waals surface area contributed by atoms with E-state index in [4.69, 9.17) is 0 Å². The van der Waals surface area contributed by atoms with Gasteiger partial charge in [0.05, 0.1) is 10.6 Å². The van der Waals surface area contributed by atoms with Crippen LogP contribution in [0, 0.1) is 6.92 Å². The second-order valence-corrected chi connectivity index (χ2v) is 11.4. The molecule has 2 rings (SSSR count). The summed E-state index contributed by atoms with van der Waals surface area (Å²) < 4.78 is 27.1. The van der Waals surface area contributed by atoms with Gasteiger partial charge in [0.25, 0.3) is 15.9 Å². The molecule has 0 aromatic heterocycles. The fraction of sp³-hybridized carbons (Fsp3) is 0.381. The van der Waals surface area contributed by atoms with Crippen molar-refractivity contribution in [3.05, 3.63) is 59.7 Å². The average Bonchev–Trinajstić information content (AvgIpc) is 2.64. The van der Waals surface area contributed by atoms with Crippen molar-refractivity contribution in [3.63, 3.8) is 0 Å². The molecule has 152 valence electrons. The van der Waals surface area contributed by atoms with Crippen LogP contribution in [-0.4, -0.2) is 38.4 Å². The van der Waals surface area contributed by atoms with Gasteiger partial charge in [0, 0.05) is 29.7 Å². The first kappa shape index (κ1) is 22.3. The molecule has 28 heavy (non-hydrogen) atoms. The molecule has 0 atom stereocenters. The third kappa shape index (κ3) is 6.01. The summed E-state index contributed by atoms with van der Waals surface area (Å²) >= 11 is 1.78. The van der Waals surface area contributed by atoms with Gasteiger partial charge < -0.3 is 5.32 Å². The predicted octanol–water partition coefficient (Wildman–Crippen LogP) is 4.08. The van der Waals surface area contributed by atoms with Gasteiger partial charge in [0.15, 0.2) is 0 Å². The highest BCUT2D eigenvalue weighted by Crippen LogP contribution is 2.24. The molecule has 0 fully saturated rings. The first-order valence-corrected chi connectivity index (χ1v) is 11.5. The number of hydrogen-bond acceptors (Lipinski definition) is 4. The Bertz CT molecular complexity index is 917. The van der Waals surface area contributed by atoms with E-state index in [1.807, 2.05) is 6.92 Å². The van der Waals surface area contributed by atoms with Crippen LogP contribution in [0.4, 0.5) is 5.69 Å². The number of nitrogens with zero attached hydrogens (tertiary/aromatic N) is 1. The summed E-state index contributed by atoms with van der Waals surface area (Å²) in [5.74, 6) is 0.605. The van der Waals surface area contributed by atoms with E-state index in [0.717, 1.165) is 11.3 Å². The summed E-state index contributed by atoms with van der Waals surface area (Å²) in [6.45, 7) is 8.86. The lowest BCUT2D eigenvalue weighted by Crippen LogP contribution is -2.28. The van der Waals surface area contributed by atoms with Gasteiger partial charge >= 0.3 is 0 Å². The van der Waals surface area contributed by atoms with E-state index in [0.29, 0.717) is 17.8 Å². The van der Waals surface area contributed by atoms with E-state index in [-0.39, 0.29) is 15.5 Å². The van der Waals surface area contributed by atoms with Gasteiger partial charge in [-0.2, -0.15) is 11.8 Å². The number of hydrogen-bond donors (Lipinski definition) is 1. The van der Waals surface area contributed by atoms with Gasteiger partial charge in [-0.05, 0) is 37.3 Å². The Morgan fingerprint density at radius 2 is 1.75 bits per heavy atom.